The van der Waals surface area contributed by atoms with Crippen LogP contribution in [0.3, 0.4) is 0 Å². The molecule has 0 aliphatic rings. The van der Waals surface area contributed by atoms with Crippen molar-refractivity contribution in [2.24, 2.45) is 0 Å². The van der Waals surface area contributed by atoms with Gasteiger partial charge in [-0.25, -0.2) is 8.78 Å². The van der Waals surface area contributed by atoms with Crippen LogP contribution in [0.4, 0.5) is 14.5 Å². The van der Waals surface area contributed by atoms with Crippen molar-refractivity contribution in [2.75, 3.05) is 18.5 Å². The van der Waals surface area contributed by atoms with E-state index in [1.165, 1.54) is 6.07 Å². The molecule has 0 fully saturated rings. The number of nitrogens with one attached hydrogen (secondary N) is 1. The van der Waals surface area contributed by atoms with Crippen LogP contribution in [0.15, 0.2) is 46.9 Å². The van der Waals surface area contributed by atoms with Gasteiger partial charge in [-0.15, -0.1) is 0 Å². The summed E-state index contributed by atoms with van der Waals surface area (Å²) < 4.78 is 32.0. The highest BCUT2D eigenvalue weighted by molar-refractivity contribution is 9.10. The van der Waals surface area contributed by atoms with E-state index in [0.717, 1.165) is 11.8 Å². The van der Waals surface area contributed by atoms with E-state index in [1.54, 1.807) is 0 Å². The highest BCUT2D eigenvalue weighted by Gasteiger charge is 2.10. The third kappa shape index (κ3) is 4.20. The van der Waals surface area contributed by atoms with E-state index >= 15 is 0 Å². The molecule has 0 aromatic heterocycles. The highest BCUT2D eigenvalue weighted by Crippen LogP contribution is 2.29. The zero-order chi connectivity index (χ0) is 14.4. The van der Waals surface area contributed by atoms with Gasteiger partial charge < -0.3 is 10.1 Å². The zero-order valence-electron chi connectivity index (χ0n) is 10.7. The van der Waals surface area contributed by atoms with Gasteiger partial charge in [-0.1, -0.05) is 18.2 Å². The molecule has 0 spiro atoms. The second kappa shape index (κ2) is 7.24. The van der Waals surface area contributed by atoms with Gasteiger partial charge in [0.1, 0.15) is 5.82 Å². The summed E-state index contributed by atoms with van der Waals surface area (Å²) in [4.78, 5) is 0. The van der Waals surface area contributed by atoms with E-state index < -0.39 is 11.6 Å². The Morgan fingerprint density at radius 2 is 1.85 bits per heavy atom. The molecule has 2 rings (SSSR count). The van der Waals surface area contributed by atoms with E-state index in [4.69, 9.17) is 4.74 Å². The molecule has 5 heteroatoms. The molecule has 2 nitrogen and oxygen atoms in total. The maximum absolute atomic E-state index is 13.5. The van der Waals surface area contributed by atoms with E-state index in [9.17, 15) is 8.78 Å². The summed E-state index contributed by atoms with van der Waals surface area (Å²) in [7, 11) is 0. The van der Waals surface area contributed by atoms with Crippen molar-refractivity contribution in [3.63, 3.8) is 0 Å². The van der Waals surface area contributed by atoms with Gasteiger partial charge in [0, 0.05) is 18.3 Å². The molecule has 0 saturated carbocycles. The lowest BCUT2D eigenvalue weighted by molar-refractivity contribution is 0.296. The Kier molecular flexibility index (Phi) is 5.35. The molecule has 0 atom stereocenters. The van der Waals surface area contributed by atoms with Gasteiger partial charge in [-0.2, -0.15) is 0 Å². The van der Waals surface area contributed by atoms with Gasteiger partial charge in [-0.05, 0) is 40.5 Å². The first-order valence-electron chi connectivity index (χ1n) is 6.23. The minimum Gasteiger partial charge on any atom is -0.489 e. The topological polar surface area (TPSA) is 21.3 Å². The molecular weight excluding hydrogens is 328 g/mol. The molecule has 0 radical (unpaired) electrons. The second-order valence-corrected chi connectivity index (χ2v) is 5.05. The Morgan fingerprint density at radius 1 is 1.10 bits per heavy atom. The maximum atomic E-state index is 13.5. The van der Waals surface area contributed by atoms with Crippen molar-refractivity contribution in [2.45, 2.75) is 6.42 Å². The number of rotatable bonds is 6. The maximum Gasteiger partial charge on any atom is 0.169 e. The monoisotopic (exact) mass is 341 g/mol. The molecule has 0 aliphatic heterocycles. The van der Waals surface area contributed by atoms with Crippen LogP contribution < -0.4 is 10.1 Å². The first kappa shape index (κ1) is 14.8. The number of hydrogen-bond acceptors (Lipinski definition) is 2. The van der Waals surface area contributed by atoms with Gasteiger partial charge in [0.2, 0.25) is 0 Å². The number of ether oxygens (including phenoxy) is 1. The van der Waals surface area contributed by atoms with E-state index in [-0.39, 0.29) is 10.2 Å². The van der Waals surface area contributed by atoms with Crippen LogP contribution in [0.5, 0.6) is 5.75 Å². The van der Waals surface area contributed by atoms with Gasteiger partial charge in [-0.3, -0.25) is 0 Å². The number of anilines is 1. The molecule has 0 saturated heterocycles. The van der Waals surface area contributed by atoms with Crippen LogP contribution >= 0.6 is 15.9 Å². The van der Waals surface area contributed by atoms with Crippen LogP contribution in [0.1, 0.15) is 6.42 Å². The summed E-state index contributed by atoms with van der Waals surface area (Å²) in [6.45, 7) is 1.06. The minimum atomic E-state index is -0.701. The van der Waals surface area contributed by atoms with Crippen LogP contribution in [0.25, 0.3) is 0 Å². The summed E-state index contributed by atoms with van der Waals surface area (Å²) in [6, 6.07) is 11.8. The molecule has 0 heterocycles. The van der Waals surface area contributed by atoms with Crippen molar-refractivity contribution in [1.82, 2.24) is 0 Å². The lowest BCUT2D eigenvalue weighted by Crippen LogP contribution is -2.08. The van der Waals surface area contributed by atoms with Crippen molar-refractivity contribution < 1.29 is 13.5 Å². The summed E-state index contributed by atoms with van der Waals surface area (Å²) in [5.41, 5.74) is 1.03. The molecule has 0 aliphatic carbocycles. The molecule has 106 valence electrons. The Labute approximate surface area is 124 Å². The van der Waals surface area contributed by atoms with E-state index in [2.05, 4.69) is 21.2 Å². The average Bonchev–Trinajstić information content (AvgIpc) is 2.42. The zero-order valence-corrected chi connectivity index (χ0v) is 12.3. The predicted octanol–water partition coefficient (Wildman–Crippen LogP) is 4.61. The SMILES string of the molecule is Fc1cc(F)c(OCCCNc2ccccc2)c(Br)c1. The first-order valence-corrected chi connectivity index (χ1v) is 7.02. The number of hydrogen-bond donors (Lipinski definition) is 1. The van der Waals surface area contributed by atoms with E-state index in [1.807, 2.05) is 30.3 Å². The molecule has 0 bridgehead atoms. The second-order valence-electron chi connectivity index (χ2n) is 4.19. The molecule has 2 aromatic carbocycles. The summed E-state index contributed by atoms with van der Waals surface area (Å²) in [5.74, 6) is -1.29. The number of para-hydroxylation sites is 1. The lowest BCUT2D eigenvalue weighted by Gasteiger charge is -2.10. The van der Waals surface area contributed by atoms with Gasteiger partial charge in [0.25, 0.3) is 0 Å². The lowest BCUT2D eigenvalue weighted by atomic mass is 10.3. The number of halogens is 3. The predicted molar refractivity (Wildman–Crippen MR) is 79.1 cm³/mol. The molecule has 20 heavy (non-hydrogen) atoms. The van der Waals surface area contributed by atoms with Crippen molar-refractivity contribution in [3.05, 3.63) is 58.6 Å². The van der Waals surface area contributed by atoms with Crippen LogP contribution in [-0.2, 0) is 0 Å². The van der Waals surface area contributed by atoms with Crippen molar-refractivity contribution in [1.29, 1.82) is 0 Å². The van der Waals surface area contributed by atoms with Gasteiger partial charge >= 0.3 is 0 Å². The Hall–Kier alpha value is -1.62. The average molecular weight is 342 g/mol. The highest BCUT2D eigenvalue weighted by atomic mass is 79.9. The Balaban J connectivity index is 1.76. The summed E-state index contributed by atoms with van der Waals surface area (Å²) in [5, 5.41) is 3.22. The van der Waals surface area contributed by atoms with Crippen molar-refractivity contribution >= 4 is 21.6 Å². The number of benzene rings is 2. The normalized spacial score (nSPS) is 10.3. The third-order valence-electron chi connectivity index (χ3n) is 2.63. The van der Waals surface area contributed by atoms with E-state index in [0.29, 0.717) is 19.6 Å². The van der Waals surface area contributed by atoms with Crippen molar-refractivity contribution in [3.8, 4) is 5.75 Å². The first-order chi connectivity index (χ1) is 9.66. The molecular formula is C15H14BrF2NO. The summed E-state index contributed by atoms with van der Waals surface area (Å²) in [6.07, 6.45) is 0.706. The van der Waals surface area contributed by atoms with Crippen LogP contribution in [-0.4, -0.2) is 13.2 Å². The minimum absolute atomic E-state index is 0.0473. The van der Waals surface area contributed by atoms with Crippen LogP contribution in [0, 0.1) is 11.6 Å². The fraction of sp³-hybridized carbons (Fsp3) is 0.200. The smallest absolute Gasteiger partial charge is 0.169 e. The fourth-order valence-corrected chi connectivity index (χ4v) is 2.22. The molecule has 2 aromatic rings. The van der Waals surface area contributed by atoms with Crippen LogP contribution in [0.2, 0.25) is 0 Å². The third-order valence-corrected chi connectivity index (χ3v) is 3.22. The van der Waals surface area contributed by atoms with Gasteiger partial charge in [0.05, 0.1) is 11.1 Å². The fourth-order valence-electron chi connectivity index (χ4n) is 1.70. The molecule has 0 unspecified atom stereocenters. The Bertz CT molecular complexity index is 540. The quantitative estimate of drug-likeness (QED) is 0.774. The standard InChI is InChI=1S/C15H14BrF2NO/c16-13-9-11(17)10-14(18)15(13)20-8-4-7-19-12-5-2-1-3-6-12/h1-3,5-6,9-10,19H,4,7-8H2. The largest absolute Gasteiger partial charge is 0.489 e. The molecule has 1 N–H and O–H groups in total. The Morgan fingerprint density at radius 3 is 2.55 bits per heavy atom. The summed E-state index contributed by atoms with van der Waals surface area (Å²) >= 11 is 3.08. The molecule has 0 amide bonds. The van der Waals surface area contributed by atoms with Gasteiger partial charge in [0.15, 0.2) is 11.6 Å².